The topological polar surface area (TPSA) is 81.2 Å². The molecule has 1 aromatic heterocycles. The molecule has 0 fully saturated rings. The largest absolute Gasteiger partial charge is 0.497 e. The van der Waals surface area contributed by atoms with Crippen molar-refractivity contribution in [3.05, 3.63) is 41.6 Å². The van der Waals surface area contributed by atoms with Crippen molar-refractivity contribution in [1.29, 1.82) is 5.41 Å². The summed E-state index contributed by atoms with van der Waals surface area (Å²) in [7, 11) is 3.23. The van der Waals surface area contributed by atoms with Gasteiger partial charge in [0.2, 0.25) is 0 Å². The minimum atomic E-state index is 0.0131. The van der Waals surface area contributed by atoms with E-state index < -0.39 is 0 Å². The van der Waals surface area contributed by atoms with Crippen LogP contribution in [-0.4, -0.2) is 25.0 Å². The van der Waals surface area contributed by atoms with Crippen molar-refractivity contribution >= 4 is 5.84 Å². The molecule has 0 saturated heterocycles. The van der Waals surface area contributed by atoms with Crippen molar-refractivity contribution in [2.24, 2.45) is 5.73 Å². The Morgan fingerprint density at radius 3 is 2.45 bits per heavy atom. The highest BCUT2D eigenvalue weighted by Crippen LogP contribution is 2.32. The normalized spacial score (nSPS) is 10.2. The molecule has 1 aromatic carbocycles. The fraction of sp³-hybridized carbons (Fsp3) is 0.200. The van der Waals surface area contributed by atoms with Crippen molar-refractivity contribution in [3.63, 3.8) is 0 Å². The highest BCUT2D eigenvalue weighted by atomic mass is 16.5. The lowest BCUT2D eigenvalue weighted by atomic mass is 10.1. The van der Waals surface area contributed by atoms with E-state index in [0.29, 0.717) is 17.0 Å². The van der Waals surface area contributed by atoms with Gasteiger partial charge in [-0.1, -0.05) is 0 Å². The quantitative estimate of drug-likeness (QED) is 0.660. The third-order valence-electron chi connectivity index (χ3n) is 3.06. The summed E-state index contributed by atoms with van der Waals surface area (Å²) in [6.45, 7) is 1.83. The number of nitrogens with two attached hydrogens (primary N) is 1. The molecule has 20 heavy (non-hydrogen) atoms. The van der Waals surface area contributed by atoms with E-state index >= 15 is 0 Å². The number of rotatable bonds is 4. The molecule has 2 rings (SSSR count). The van der Waals surface area contributed by atoms with Gasteiger partial charge in [-0.3, -0.25) is 10.4 Å². The molecule has 3 N–H and O–H groups in total. The van der Waals surface area contributed by atoms with Gasteiger partial charge >= 0.3 is 0 Å². The summed E-state index contributed by atoms with van der Waals surface area (Å²) in [5.41, 5.74) is 8.44. The summed E-state index contributed by atoms with van der Waals surface area (Å²) >= 11 is 0. The van der Waals surface area contributed by atoms with E-state index in [1.54, 1.807) is 20.3 Å². The molecule has 0 aliphatic carbocycles. The smallest absolute Gasteiger partial charge is 0.128 e. The summed E-state index contributed by atoms with van der Waals surface area (Å²) < 4.78 is 10.6. The molecule has 1 heterocycles. The number of hydrogen-bond acceptors (Lipinski definition) is 4. The molecule has 0 unspecified atom stereocenters. The number of aryl methyl sites for hydroxylation is 1. The first kappa shape index (κ1) is 13.9. The maximum Gasteiger partial charge on any atom is 0.128 e. The molecular formula is C15H17N3O2. The number of methoxy groups -OCH3 is 2. The molecule has 0 aliphatic heterocycles. The van der Waals surface area contributed by atoms with Crippen LogP contribution in [0.25, 0.3) is 11.3 Å². The molecule has 0 bridgehead atoms. The minimum Gasteiger partial charge on any atom is -0.497 e. The number of hydrogen-bond donors (Lipinski definition) is 2. The zero-order valence-corrected chi connectivity index (χ0v) is 11.7. The number of nitrogens with one attached hydrogen (secondary N) is 1. The van der Waals surface area contributed by atoms with Gasteiger partial charge in [0, 0.05) is 16.8 Å². The lowest BCUT2D eigenvalue weighted by molar-refractivity contribution is 0.404. The van der Waals surface area contributed by atoms with Gasteiger partial charge in [-0.15, -0.1) is 0 Å². The van der Waals surface area contributed by atoms with Crippen LogP contribution in [0.5, 0.6) is 11.5 Å². The molecule has 0 radical (unpaired) electrons. The van der Waals surface area contributed by atoms with Crippen LogP contribution in [0, 0.1) is 12.3 Å². The Labute approximate surface area is 117 Å². The van der Waals surface area contributed by atoms with E-state index in [9.17, 15) is 0 Å². The summed E-state index contributed by atoms with van der Waals surface area (Å²) in [5, 5.41) is 7.49. The predicted molar refractivity (Wildman–Crippen MR) is 78.5 cm³/mol. The third-order valence-corrected chi connectivity index (χ3v) is 3.06. The van der Waals surface area contributed by atoms with Gasteiger partial charge in [0.25, 0.3) is 0 Å². The standard InChI is InChI=1S/C15H17N3O2/c1-9-11(15(16)17)5-6-13(18-9)12-8-10(19-2)4-7-14(12)20-3/h4-8H,1-3H3,(H3,16,17). The van der Waals surface area contributed by atoms with Gasteiger partial charge in [-0.2, -0.15) is 0 Å². The molecule has 5 nitrogen and oxygen atoms in total. The Morgan fingerprint density at radius 1 is 1.15 bits per heavy atom. The number of aromatic nitrogens is 1. The molecule has 104 valence electrons. The number of ether oxygens (including phenoxy) is 2. The first-order valence-electron chi connectivity index (χ1n) is 6.11. The second kappa shape index (κ2) is 5.61. The van der Waals surface area contributed by atoms with Gasteiger partial charge < -0.3 is 15.2 Å². The van der Waals surface area contributed by atoms with Crippen LogP contribution in [-0.2, 0) is 0 Å². The summed E-state index contributed by atoms with van der Waals surface area (Å²) in [6.07, 6.45) is 0. The lowest BCUT2D eigenvalue weighted by Gasteiger charge is -2.11. The highest BCUT2D eigenvalue weighted by molar-refractivity contribution is 5.96. The number of benzene rings is 1. The Kier molecular flexibility index (Phi) is 3.89. The first-order valence-corrected chi connectivity index (χ1v) is 6.11. The van der Waals surface area contributed by atoms with E-state index in [1.807, 2.05) is 31.2 Å². The average molecular weight is 271 g/mol. The second-order valence-electron chi connectivity index (χ2n) is 4.31. The second-order valence-corrected chi connectivity index (χ2v) is 4.31. The van der Waals surface area contributed by atoms with Crippen LogP contribution in [0.2, 0.25) is 0 Å². The zero-order chi connectivity index (χ0) is 14.7. The SMILES string of the molecule is COc1ccc(OC)c(-c2ccc(C(=N)N)c(C)n2)c1. The summed E-state index contributed by atoms with van der Waals surface area (Å²) in [4.78, 5) is 4.49. The van der Waals surface area contributed by atoms with Crippen molar-refractivity contribution in [2.45, 2.75) is 6.92 Å². The monoisotopic (exact) mass is 271 g/mol. The number of pyridine rings is 1. The van der Waals surface area contributed by atoms with E-state index in [0.717, 1.165) is 17.0 Å². The van der Waals surface area contributed by atoms with Gasteiger partial charge in [0.15, 0.2) is 0 Å². The van der Waals surface area contributed by atoms with Gasteiger partial charge in [-0.05, 0) is 37.3 Å². The molecule has 0 aliphatic rings. The van der Waals surface area contributed by atoms with Crippen molar-refractivity contribution in [3.8, 4) is 22.8 Å². The number of nitrogen functional groups attached to an aromatic ring is 1. The van der Waals surface area contributed by atoms with E-state index in [1.165, 1.54) is 0 Å². The zero-order valence-electron chi connectivity index (χ0n) is 11.7. The Bertz CT molecular complexity index is 654. The Balaban J connectivity index is 2.55. The van der Waals surface area contributed by atoms with Crippen LogP contribution in [0.3, 0.4) is 0 Å². The third kappa shape index (κ3) is 2.56. The van der Waals surface area contributed by atoms with Crippen molar-refractivity contribution in [1.82, 2.24) is 4.98 Å². The van der Waals surface area contributed by atoms with Crippen LogP contribution in [0.15, 0.2) is 30.3 Å². The molecule has 2 aromatic rings. The van der Waals surface area contributed by atoms with E-state index in [4.69, 9.17) is 20.6 Å². The highest BCUT2D eigenvalue weighted by Gasteiger charge is 2.11. The first-order chi connectivity index (χ1) is 9.56. The Hall–Kier alpha value is -2.56. The molecule has 0 atom stereocenters. The van der Waals surface area contributed by atoms with Crippen LogP contribution < -0.4 is 15.2 Å². The van der Waals surface area contributed by atoms with Crippen LogP contribution in [0.4, 0.5) is 0 Å². The van der Waals surface area contributed by atoms with Gasteiger partial charge in [-0.25, -0.2) is 0 Å². The average Bonchev–Trinajstić information content (AvgIpc) is 2.46. The lowest BCUT2D eigenvalue weighted by Crippen LogP contribution is -2.13. The van der Waals surface area contributed by atoms with Crippen molar-refractivity contribution < 1.29 is 9.47 Å². The number of amidine groups is 1. The van der Waals surface area contributed by atoms with Crippen molar-refractivity contribution in [2.75, 3.05) is 14.2 Å². The maximum atomic E-state index is 7.49. The molecule has 5 heteroatoms. The van der Waals surface area contributed by atoms with Crippen LogP contribution >= 0.6 is 0 Å². The fourth-order valence-electron chi connectivity index (χ4n) is 2.01. The van der Waals surface area contributed by atoms with E-state index in [2.05, 4.69) is 4.98 Å². The fourth-order valence-corrected chi connectivity index (χ4v) is 2.01. The predicted octanol–water partition coefficient (Wildman–Crippen LogP) is 2.36. The summed E-state index contributed by atoms with van der Waals surface area (Å²) in [5.74, 6) is 1.46. The van der Waals surface area contributed by atoms with Gasteiger partial charge in [0.05, 0.1) is 19.9 Å². The molecule has 0 spiro atoms. The molecule has 0 saturated carbocycles. The van der Waals surface area contributed by atoms with Crippen LogP contribution in [0.1, 0.15) is 11.3 Å². The minimum absolute atomic E-state index is 0.0131. The Morgan fingerprint density at radius 2 is 1.90 bits per heavy atom. The van der Waals surface area contributed by atoms with Gasteiger partial charge in [0.1, 0.15) is 17.3 Å². The number of nitrogens with zero attached hydrogens (tertiary/aromatic N) is 1. The summed E-state index contributed by atoms with van der Waals surface area (Å²) in [6, 6.07) is 9.15. The molecule has 0 amide bonds. The molecular weight excluding hydrogens is 254 g/mol. The maximum absolute atomic E-state index is 7.49. The van der Waals surface area contributed by atoms with E-state index in [-0.39, 0.29) is 5.84 Å².